The fourth-order valence-corrected chi connectivity index (χ4v) is 1.72. The van der Waals surface area contributed by atoms with Crippen molar-refractivity contribution in [2.75, 3.05) is 18.2 Å². The summed E-state index contributed by atoms with van der Waals surface area (Å²) in [5.74, 6) is 0.433. The van der Waals surface area contributed by atoms with Gasteiger partial charge in [0.25, 0.3) is 5.91 Å². The number of hydrogen-bond donors (Lipinski definition) is 2. The average Bonchev–Trinajstić information content (AvgIpc) is 2.38. The highest BCUT2D eigenvalue weighted by atomic mass is 35.5. The molecule has 0 aliphatic carbocycles. The first-order chi connectivity index (χ1) is 9.10. The topological polar surface area (TPSA) is 77.2 Å². The number of aromatic nitrogens is 1. The molecule has 1 aromatic heterocycles. The molecule has 1 heterocycles. The number of carbonyl (C=O) groups is 1. The third-order valence-electron chi connectivity index (χ3n) is 2.43. The molecular formula is C13H12ClN3O2. The number of nitrogens with one attached hydrogen (secondary N) is 1. The number of amides is 1. The second kappa shape index (κ2) is 5.58. The molecule has 5 nitrogen and oxygen atoms in total. The van der Waals surface area contributed by atoms with Crippen molar-refractivity contribution in [1.82, 2.24) is 4.98 Å². The predicted molar refractivity (Wildman–Crippen MR) is 74.6 cm³/mol. The van der Waals surface area contributed by atoms with Crippen LogP contribution in [0.1, 0.15) is 10.4 Å². The van der Waals surface area contributed by atoms with E-state index in [1.54, 1.807) is 36.4 Å². The van der Waals surface area contributed by atoms with Crippen LogP contribution in [0.4, 0.5) is 11.5 Å². The molecule has 0 aliphatic heterocycles. The number of halogens is 1. The molecule has 0 bridgehead atoms. The SMILES string of the molecule is COc1cc(N)ccc1C(=O)Nc1cccc(Cl)n1. The van der Waals surface area contributed by atoms with Crippen LogP contribution in [0.15, 0.2) is 36.4 Å². The van der Waals surface area contributed by atoms with Gasteiger partial charge in [-0.15, -0.1) is 0 Å². The van der Waals surface area contributed by atoms with Gasteiger partial charge in [0.15, 0.2) is 0 Å². The van der Waals surface area contributed by atoms with E-state index < -0.39 is 0 Å². The van der Waals surface area contributed by atoms with Crippen molar-refractivity contribution < 1.29 is 9.53 Å². The maximum Gasteiger partial charge on any atom is 0.260 e. The highest BCUT2D eigenvalue weighted by Gasteiger charge is 2.13. The van der Waals surface area contributed by atoms with Crippen LogP contribution in [-0.2, 0) is 0 Å². The number of methoxy groups -OCH3 is 1. The Hall–Kier alpha value is -2.27. The van der Waals surface area contributed by atoms with Crippen LogP contribution < -0.4 is 15.8 Å². The molecule has 0 saturated heterocycles. The van der Waals surface area contributed by atoms with Gasteiger partial charge < -0.3 is 15.8 Å². The van der Waals surface area contributed by atoms with E-state index in [1.807, 2.05) is 0 Å². The molecule has 1 aromatic carbocycles. The maximum atomic E-state index is 12.1. The summed E-state index contributed by atoms with van der Waals surface area (Å²) < 4.78 is 5.12. The first kappa shape index (κ1) is 13.2. The van der Waals surface area contributed by atoms with Gasteiger partial charge in [0.1, 0.15) is 16.7 Å². The van der Waals surface area contributed by atoms with Crippen molar-refractivity contribution >= 4 is 29.0 Å². The van der Waals surface area contributed by atoms with Gasteiger partial charge in [0.2, 0.25) is 0 Å². The minimum atomic E-state index is -0.341. The Morgan fingerprint density at radius 3 is 2.84 bits per heavy atom. The Labute approximate surface area is 115 Å². The van der Waals surface area contributed by atoms with Crippen molar-refractivity contribution in [2.24, 2.45) is 0 Å². The summed E-state index contributed by atoms with van der Waals surface area (Å²) in [5.41, 5.74) is 6.53. The molecule has 1 amide bonds. The van der Waals surface area contributed by atoms with Crippen molar-refractivity contribution in [1.29, 1.82) is 0 Å². The van der Waals surface area contributed by atoms with Gasteiger partial charge in [-0.2, -0.15) is 0 Å². The summed E-state index contributed by atoms with van der Waals surface area (Å²) in [7, 11) is 1.48. The molecule has 19 heavy (non-hydrogen) atoms. The number of benzene rings is 1. The Bertz CT molecular complexity index is 617. The third kappa shape index (κ3) is 3.14. The average molecular weight is 278 g/mol. The van der Waals surface area contributed by atoms with Crippen molar-refractivity contribution in [3.05, 3.63) is 47.1 Å². The Morgan fingerprint density at radius 2 is 2.16 bits per heavy atom. The van der Waals surface area contributed by atoms with Crippen LogP contribution in [0.25, 0.3) is 0 Å². The monoisotopic (exact) mass is 277 g/mol. The molecule has 0 atom stereocenters. The van der Waals surface area contributed by atoms with Gasteiger partial charge in [0, 0.05) is 11.8 Å². The van der Waals surface area contributed by atoms with E-state index in [4.69, 9.17) is 22.1 Å². The largest absolute Gasteiger partial charge is 0.496 e. The number of pyridine rings is 1. The summed E-state index contributed by atoms with van der Waals surface area (Å²) in [6.07, 6.45) is 0. The number of rotatable bonds is 3. The lowest BCUT2D eigenvalue weighted by molar-refractivity contribution is 0.102. The lowest BCUT2D eigenvalue weighted by Gasteiger charge is -2.09. The molecule has 3 N–H and O–H groups in total. The number of carbonyl (C=O) groups excluding carboxylic acids is 1. The van der Waals surface area contributed by atoms with E-state index in [0.717, 1.165) is 0 Å². The van der Waals surface area contributed by atoms with Gasteiger partial charge in [-0.3, -0.25) is 4.79 Å². The zero-order valence-electron chi connectivity index (χ0n) is 10.2. The van der Waals surface area contributed by atoms with Crippen LogP contribution in [-0.4, -0.2) is 18.0 Å². The fourth-order valence-electron chi connectivity index (χ4n) is 1.56. The van der Waals surface area contributed by atoms with Crippen LogP contribution in [0.3, 0.4) is 0 Å². The van der Waals surface area contributed by atoms with E-state index in [0.29, 0.717) is 28.0 Å². The lowest BCUT2D eigenvalue weighted by Crippen LogP contribution is -2.14. The highest BCUT2D eigenvalue weighted by Crippen LogP contribution is 2.22. The summed E-state index contributed by atoms with van der Waals surface area (Å²) in [4.78, 5) is 16.1. The van der Waals surface area contributed by atoms with Gasteiger partial charge in [-0.1, -0.05) is 17.7 Å². The Kier molecular flexibility index (Phi) is 3.87. The minimum Gasteiger partial charge on any atom is -0.496 e. The molecule has 0 fully saturated rings. The fraction of sp³-hybridized carbons (Fsp3) is 0.0769. The van der Waals surface area contributed by atoms with Crippen molar-refractivity contribution in [3.8, 4) is 5.75 Å². The van der Waals surface area contributed by atoms with Gasteiger partial charge in [-0.05, 0) is 24.3 Å². The van der Waals surface area contributed by atoms with E-state index >= 15 is 0 Å². The zero-order chi connectivity index (χ0) is 13.8. The van der Waals surface area contributed by atoms with Crippen LogP contribution in [0.2, 0.25) is 5.15 Å². The summed E-state index contributed by atoms with van der Waals surface area (Å²) in [6, 6.07) is 9.77. The van der Waals surface area contributed by atoms with E-state index in [1.165, 1.54) is 7.11 Å². The molecule has 0 aliphatic rings. The maximum absolute atomic E-state index is 12.1. The number of nitrogens with two attached hydrogens (primary N) is 1. The van der Waals surface area contributed by atoms with Crippen molar-refractivity contribution in [3.63, 3.8) is 0 Å². The molecule has 6 heteroatoms. The third-order valence-corrected chi connectivity index (χ3v) is 2.64. The first-order valence-electron chi connectivity index (χ1n) is 5.47. The second-order valence-electron chi connectivity index (χ2n) is 3.76. The molecular weight excluding hydrogens is 266 g/mol. The molecule has 0 spiro atoms. The molecule has 2 rings (SSSR count). The highest BCUT2D eigenvalue weighted by molar-refractivity contribution is 6.29. The standard InChI is InChI=1S/C13H12ClN3O2/c1-19-10-7-8(15)5-6-9(10)13(18)17-12-4-2-3-11(14)16-12/h2-7H,15H2,1H3,(H,16,17,18). The van der Waals surface area contributed by atoms with E-state index in [9.17, 15) is 4.79 Å². The number of anilines is 2. The molecule has 98 valence electrons. The van der Waals surface area contributed by atoms with E-state index in [2.05, 4.69) is 10.3 Å². The first-order valence-corrected chi connectivity index (χ1v) is 5.85. The summed E-state index contributed by atoms with van der Waals surface area (Å²) in [5, 5.41) is 2.95. The minimum absolute atomic E-state index is 0.307. The Morgan fingerprint density at radius 1 is 1.37 bits per heavy atom. The van der Waals surface area contributed by atoms with Gasteiger partial charge in [-0.25, -0.2) is 4.98 Å². The number of nitrogen functional groups attached to an aromatic ring is 1. The Balaban J connectivity index is 2.25. The predicted octanol–water partition coefficient (Wildman–Crippen LogP) is 2.58. The lowest BCUT2D eigenvalue weighted by atomic mass is 10.1. The number of hydrogen-bond acceptors (Lipinski definition) is 4. The molecule has 2 aromatic rings. The van der Waals surface area contributed by atoms with Crippen molar-refractivity contribution in [2.45, 2.75) is 0 Å². The molecule has 0 saturated carbocycles. The van der Waals surface area contributed by atoms with E-state index in [-0.39, 0.29) is 5.91 Å². The summed E-state index contributed by atoms with van der Waals surface area (Å²) >= 11 is 5.75. The van der Waals surface area contributed by atoms with Crippen LogP contribution in [0, 0.1) is 0 Å². The molecule has 0 unspecified atom stereocenters. The number of nitrogens with zero attached hydrogens (tertiary/aromatic N) is 1. The normalized spacial score (nSPS) is 10.0. The van der Waals surface area contributed by atoms with Gasteiger partial charge >= 0.3 is 0 Å². The quantitative estimate of drug-likeness (QED) is 0.668. The zero-order valence-corrected chi connectivity index (χ0v) is 10.9. The second-order valence-corrected chi connectivity index (χ2v) is 4.15. The van der Waals surface area contributed by atoms with Crippen LogP contribution in [0.5, 0.6) is 5.75 Å². The van der Waals surface area contributed by atoms with Crippen LogP contribution >= 0.6 is 11.6 Å². The molecule has 0 radical (unpaired) electrons. The smallest absolute Gasteiger partial charge is 0.260 e. The number of ether oxygens (including phenoxy) is 1. The van der Waals surface area contributed by atoms with Gasteiger partial charge in [0.05, 0.1) is 12.7 Å². The summed E-state index contributed by atoms with van der Waals surface area (Å²) in [6.45, 7) is 0.